The molecule has 2 atom stereocenters. The first-order valence-corrected chi connectivity index (χ1v) is 7.54. The van der Waals surface area contributed by atoms with E-state index in [0.29, 0.717) is 19.3 Å². The average Bonchev–Trinajstić information content (AvgIpc) is 2.62. The molecule has 0 spiro atoms. The Morgan fingerprint density at radius 3 is 2.47 bits per heavy atom. The summed E-state index contributed by atoms with van der Waals surface area (Å²) >= 11 is 0. The van der Waals surface area contributed by atoms with E-state index in [4.69, 9.17) is 5.11 Å². The number of sulfone groups is 1. The van der Waals surface area contributed by atoms with E-state index >= 15 is 0 Å². The Kier molecular flexibility index (Phi) is 4.50. The first kappa shape index (κ1) is 14.0. The van der Waals surface area contributed by atoms with Gasteiger partial charge >= 0.3 is 5.97 Å². The molecule has 1 fully saturated rings. The van der Waals surface area contributed by atoms with Gasteiger partial charge in [-0.3, -0.25) is 9.59 Å². The molecule has 0 bridgehead atoms. The smallest absolute Gasteiger partial charge is 0.306 e. The van der Waals surface area contributed by atoms with Crippen LogP contribution >= 0.6 is 0 Å². The minimum Gasteiger partial charge on any atom is -0.481 e. The molecule has 1 rings (SSSR count). The maximum Gasteiger partial charge on any atom is 0.306 e. The first-order chi connectivity index (χ1) is 7.78. The van der Waals surface area contributed by atoms with Crippen molar-refractivity contribution in [3.63, 3.8) is 0 Å². The van der Waals surface area contributed by atoms with Crippen molar-refractivity contribution in [1.82, 2.24) is 5.32 Å². The van der Waals surface area contributed by atoms with E-state index in [9.17, 15) is 18.0 Å². The van der Waals surface area contributed by atoms with Crippen LogP contribution in [-0.2, 0) is 19.4 Å². The van der Waals surface area contributed by atoms with Crippen LogP contribution in [0.5, 0.6) is 0 Å². The summed E-state index contributed by atoms with van der Waals surface area (Å²) in [5, 5.41) is 11.5. The molecule has 1 aliphatic carbocycles. The Balaban J connectivity index is 2.31. The Hall–Kier alpha value is -1.11. The van der Waals surface area contributed by atoms with Crippen molar-refractivity contribution in [3.8, 4) is 0 Å². The molecule has 1 aliphatic rings. The number of hydrogen-bond donors (Lipinski definition) is 2. The largest absolute Gasteiger partial charge is 0.481 e. The van der Waals surface area contributed by atoms with Crippen LogP contribution in [0.25, 0.3) is 0 Å². The van der Waals surface area contributed by atoms with Gasteiger partial charge in [-0.2, -0.15) is 0 Å². The Morgan fingerprint density at radius 1 is 1.35 bits per heavy atom. The Labute approximate surface area is 100 Å². The van der Waals surface area contributed by atoms with Crippen molar-refractivity contribution < 1.29 is 23.1 Å². The van der Waals surface area contributed by atoms with Gasteiger partial charge in [-0.05, 0) is 19.3 Å². The zero-order chi connectivity index (χ0) is 13.1. The van der Waals surface area contributed by atoms with Gasteiger partial charge in [0.2, 0.25) is 5.91 Å². The maximum absolute atomic E-state index is 11.4. The van der Waals surface area contributed by atoms with Crippen LogP contribution in [0.4, 0.5) is 0 Å². The second-order valence-electron chi connectivity index (χ2n) is 4.49. The highest BCUT2D eigenvalue weighted by atomic mass is 32.2. The molecule has 0 aromatic heterocycles. The fourth-order valence-corrected chi connectivity index (χ4v) is 2.47. The second-order valence-corrected chi connectivity index (χ2v) is 6.75. The Bertz CT molecular complexity index is 403. The van der Waals surface area contributed by atoms with Gasteiger partial charge in [-0.25, -0.2) is 8.42 Å². The topological polar surface area (TPSA) is 101 Å². The molecule has 17 heavy (non-hydrogen) atoms. The molecule has 98 valence electrons. The summed E-state index contributed by atoms with van der Waals surface area (Å²) in [5.74, 6) is -1.73. The number of amides is 1. The summed E-state index contributed by atoms with van der Waals surface area (Å²) in [6.45, 7) is 0. The van der Waals surface area contributed by atoms with E-state index in [0.717, 1.165) is 6.26 Å². The van der Waals surface area contributed by atoms with Gasteiger partial charge < -0.3 is 10.4 Å². The third-order valence-electron chi connectivity index (χ3n) is 2.85. The van der Waals surface area contributed by atoms with Crippen molar-refractivity contribution >= 4 is 21.7 Å². The summed E-state index contributed by atoms with van der Waals surface area (Å²) in [4.78, 5) is 22.1. The summed E-state index contributed by atoms with van der Waals surface area (Å²) in [5.41, 5.74) is 0. The van der Waals surface area contributed by atoms with Gasteiger partial charge in [-0.1, -0.05) is 0 Å². The lowest BCUT2D eigenvalue weighted by Crippen LogP contribution is -2.34. The second kappa shape index (κ2) is 5.48. The first-order valence-electron chi connectivity index (χ1n) is 5.48. The highest BCUT2D eigenvalue weighted by molar-refractivity contribution is 7.90. The van der Waals surface area contributed by atoms with E-state index in [-0.39, 0.29) is 24.1 Å². The van der Waals surface area contributed by atoms with Crippen molar-refractivity contribution in [1.29, 1.82) is 0 Å². The standard InChI is InChI=1S/C10H17NO5S/c1-17(15,16)5-4-9(12)11-8-3-2-7(6-8)10(13)14/h7-8H,2-6H2,1H3,(H,11,12)(H,13,14)/t7-,8+/m1/s1. The molecule has 0 radical (unpaired) electrons. The van der Waals surface area contributed by atoms with Crippen molar-refractivity contribution in [2.75, 3.05) is 12.0 Å². The zero-order valence-corrected chi connectivity index (χ0v) is 10.5. The number of carbonyl (C=O) groups excluding carboxylic acids is 1. The van der Waals surface area contributed by atoms with E-state index in [2.05, 4.69) is 5.32 Å². The lowest BCUT2D eigenvalue weighted by atomic mass is 10.1. The molecule has 0 heterocycles. The van der Waals surface area contributed by atoms with Gasteiger partial charge in [0, 0.05) is 18.7 Å². The summed E-state index contributed by atoms with van der Waals surface area (Å²) in [6.07, 6.45) is 2.65. The molecule has 0 saturated heterocycles. The lowest BCUT2D eigenvalue weighted by Gasteiger charge is -2.11. The highest BCUT2D eigenvalue weighted by Gasteiger charge is 2.30. The SMILES string of the molecule is CS(=O)(=O)CCC(=O)N[C@H]1CC[C@@H](C(=O)O)C1. The van der Waals surface area contributed by atoms with Gasteiger partial charge in [0.05, 0.1) is 11.7 Å². The minimum atomic E-state index is -3.13. The molecule has 2 N–H and O–H groups in total. The predicted octanol–water partition coefficient (Wildman–Crippen LogP) is -0.209. The lowest BCUT2D eigenvalue weighted by molar-refractivity contribution is -0.141. The van der Waals surface area contributed by atoms with Gasteiger partial charge in [0.1, 0.15) is 9.84 Å². The summed E-state index contributed by atoms with van der Waals surface area (Å²) in [6, 6.07) is -0.136. The molecule has 0 aromatic rings. The van der Waals surface area contributed by atoms with E-state index in [1.54, 1.807) is 0 Å². The van der Waals surface area contributed by atoms with Crippen molar-refractivity contribution in [3.05, 3.63) is 0 Å². The van der Waals surface area contributed by atoms with Gasteiger partial charge in [0.25, 0.3) is 0 Å². The van der Waals surface area contributed by atoms with Gasteiger partial charge in [0.15, 0.2) is 0 Å². The molecule has 1 saturated carbocycles. The molecule has 6 nitrogen and oxygen atoms in total. The molecular weight excluding hydrogens is 246 g/mol. The van der Waals surface area contributed by atoms with E-state index in [1.165, 1.54) is 0 Å². The average molecular weight is 263 g/mol. The number of nitrogens with one attached hydrogen (secondary N) is 1. The van der Waals surface area contributed by atoms with Crippen LogP contribution in [0.15, 0.2) is 0 Å². The third-order valence-corrected chi connectivity index (χ3v) is 3.79. The minimum absolute atomic E-state index is 0.0624. The normalized spacial score (nSPS) is 24.5. The fraction of sp³-hybridized carbons (Fsp3) is 0.800. The maximum atomic E-state index is 11.4. The third kappa shape index (κ3) is 5.16. The van der Waals surface area contributed by atoms with Crippen LogP contribution in [0.1, 0.15) is 25.7 Å². The molecule has 7 heteroatoms. The highest BCUT2D eigenvalue weighted by Crippen LogP contribution is 2.25. The number of aliphatic carboxylic acids is 1. The number of rotatable bonds is 5. The molecule has 1 amide bonds. The van der Waals surface area contributed by atoms with Crippen LogP contribution < -0.4 is 5.32 Å². The number of carboxylic acid groups (broad SMARTS) is 1. The van der Waals surface area contributed by atoms with Gasteiger partial charge in [-0.15, -0.1) is 0 Å². The summed E-state index contributed by atoms with van der Waals surface area (Å²) in [7, 11) is -3.13. The molecule has 0 aromatic carbocycles. The van der Waals surface area contributed by atoms with E-state index in [1.807, 2.05) is 0 Å². The number of carbonyl (C=O) groups is 2. The monoisotopic (exact) mass is 263 g/mol. The quantitative estimate of drug-likeness (QED) is 0.715. The van der Waals surface area contributed by atoms with E-state index < -0.39 is 21.7 Å². The van der Waals surface area contributed by atoms with Crippen LogP contribution in [0.3, 0.4) is 0 Å². The Morgan fingerprint density at radius 2 is 2.00 bits per heavy atom. The van der Waals surface area contributed by atoms with Crippen LogP contribution in [-0.4, -0.2) is 43.5 Å². The van der Waals surface area contributed by atoms with Crippen LogP contribution in [0.2, 0.25) is 0 Å². The predicted molar refractivity (Wildman–Crippen MR) is 61.2 cm³/mol. The molecule has 0 aliphatic heterocycles. The zero-order valence-electron chi connectivity index (χ0n) is 9.68. The van der Waals surface area contributed by atoms with Crippen molar-refractivity contribution in [2.45, 2.75) is 31.7 Å². The summed E-state index contributed by atoms with van der Waals surface area (Å²) < 4.78 is 21.7. The van der Waals surface area contributed by atoms with Crippen molar-refractivity contribution in [2.24, 2.45) is 5.92 Å². The number of hydrogen-bond acceptors (Lipinski definition) is 4. The molecular formula is C10H17NO5S. The molecule has 0 unspecified atom stereocenters. The number of carboxylic acids is 1. The fourth-order valence-electron chi connectivity index (χ4n) is 1.91. The van der Waals surface area contributed by atoms with Crippen LogP contribution in [0, 0.1) is 5.92 Å².